The van der Waals surface area contributed by atoms with Crippen LogP contribution in [0.2, 0.25) is 0 Å². The van der Waals surface area contributed by atoms with E-state index in [9.17, 15) is 0 Å². The van der Waals surface area contributed by atoms with Crippen molar-refractivity contribution in [2.75, 3.05) is 6.61 Å². The topological polar surface area (TPSA) is 55.5 Å². The Morgan fingerprint density at radius 1 is 0.941 bits per heavy atom. The van der Waals surface area contributed by atoms with E-state index in [2.05, 4.69) is 0 Å². The Morgan fingerprint density at radius 3 is 2.12 bits per heavy atom. The fourth-order valence-electron chi connectivity index (χ4n) is 1.51. The molecule has 3 heteroatoms. The molecule has 88 valence electrons. The SMILES string of the molecule is N[C@@H](CO)c1ccc(Oc2ccccc2)cc1. The van der Waals surface area contributed by atoms with Crippen molar-refractivity contribution in [3.63, 3.8) is 0 Å². The van der Waals surface area contributed by atoms with Gasteiger partial charge in [-0.1, -0.05) is 30.3 Å². The lowest BCUT2D eigenvalue weighted by Gasteiger charge is -2.10. The minimum absolute atomic E-state index is 0.0567. The smallest absolute Gasteiger partial charge is 0.127 e. The van der Waals surface area contributed by atoms with Crippen molar-refractivity contribution in [1.29, 1.82) is 0 Å². The molecule has 0 aliphatic carbocycles. The number of rotatable bonds is 4. The lowest BCUT2D eigenvalue weighted by molar-refractivity contribution is 0.268. The molecule has 1 atom stereocenters. The second-order valence-electron chi connectivity index (χ2n) is 3.77. The number of nitrogens with two attached hydrogens (primary N) is 1. The monoisotopic (exact) mass is 229 g/mol. The Bertz CT molecular complexity index is 453. The van der Waals surface area contributed by atoms with E-state index in [1.165, 1.54) is 0 Å². The molecule has 3 nitrogen and oxygen atoms in total. The number of aliphatic hydroxyl groups is 1. The van der Waals surface area contributed by atoms with E-state index in [1.54, 1.807) is 0 Å². The van der Waals surface area contributed by atoms with Gasteiger partial charge in [0, 0.05) is 0 Å². The number of benzene rings is 2. The van der Waals surface area contributed by atoms with Crippen LogP contribution in [0.1, 0.15) is 11.6 Å². The van der Waals surface area contributed by atoms with Crippen molar-refractivity contribution in [3.8, 4) is 11.5 Å². The van der Waals surface area contributed by atoms with Gasteiger partial charge in [-0.15, -0.1) is 0 Å². The lowest BCUT2D eigenvalue weighted by atomic mass is 10.1. The van der Waals surface area contributed by atoms with Crippen molar-refractivity contribution in [2.45, 2.75) is 6.04 Å². The summed E-state index contributed by atoms with van der Waals surface area (Å²) in [5.41, 5.74) is 6.60. The average Bonchev–Trinajstić information content (AvgIpc) is 2.40. The van der Waals surface area contributed by atoms with Gasteiger partial charge in [-0.2, -0.15) is 0 Å². The van der Waals surface area contributed by atoms with E-state index in [0.29, 0.717) is 0 Å². The number of hydrogen-bond donors (Lipinski definition) is 2. The van der Waals surface area contributed by atoms with E-state index in [4.69, 9.17) is 15.6 Å². The van der Waals surface area contributed by atoms with Crippen LogP contribution in [0.5, 0.6) is 11.5 Å². The van der Waals surface area contributed by atoms with E-state index in [0.717, 1.165) is 17.1 Å². The van der Waals surface area contributed by atoms with Gasteiger partial charge in [0.25, 0.3) is 0 Å². The van der Waals surface area contributed by atoms with Crippen molar-refractivity contribution in [1.82, 2.24) is 0 Å². The second kappa shape index (κ2) is 5.48. The zero-order chi connectivity index (χ0) is 12.1. The Kier molecular flexibility index (Phi) is 3.75. The van der Waals surface area contributed by atoms with Crippen LogP contribution < -0.4 is 10.5 Å². The molecule has 0 saturated carbocycles. The van der Waals surface area contributed by atoms with Gasteiger partial charge in [-0.3, -0.25) is 0 Å². The summed E-state index contributed by atoms with van der Waals surface area (Å²) < 4.78 is 5.64. The molecule has 3 N–H and O–H groups in total. The first-order valence-electron chi connectivity index (χ1n) is 5.49. The first-order chi connectivity index (χ1) is 8.29. The molecule has 0 fully saturated rings. The second-order valence-corrected chi connectivity index (χ2v) is 3.77. The van der Waals surface area contributed by atoms with Crippen LogP contribution in [0.4, 0.5) is 0 Å². The summed E-state index contributed by atoms with van der Waals surface area (Å²) >= 11 is 0. The zero-order valence-electron chi connectivity index (χ0n) is 9.41. The highest BCUT2D eigenvalue weighted by Crippen LogP contribution is 2.22. The van der Waals surface area contributed by atoms with E-state index < -0.39 is 0 Å². The molecule has 2 rings (SSSR count). The number of para-hydroxylation sites is 1. The largest absolute Gasteiger partial charge is 0.457 e. The van der Waals surface area contributed by atoms with E-state index in [1.807, 2.05) is 54.6 Å². The van der Waals surface area contributed by atoms with Gasteiger partial charge in [-0.05, 0) is 29.8 Å². The molecule has 0 aliphatic rings. The average molecular weight is 229 g/mol. The maximum absolute atomic E-state index is 8.94. The fourth-order valence-corrected chi connectivity index (χ4v) is 1.51. The molecule has 0 bridgehead atoms. The fraction of sp³-hybridized carbons (Fsp3) is 0.143. The van der Waals surface area contributed by atoms with Crippen molar-refractivity contribution >= 4 is 0 Å². The van der Waals surface area contributed by atoms with Crippen LogP contribution >= 0.6 is 0 Å². The molecule has 2 aromatic rings. The molecule has 2 aromatic carbocycles. The number of aliphatic hydroxyl groups excluding tert-OH is 1. The number of hydrogen-bond acceptors (Lipinski definition) is 3. The van der Waals surface area contributed by atoms with Crippen LogP contribution in [0.25, 0.3) is 0 Å². The first-order valence-corrected chi connectivity index (χ1v) is 5.49. The van der Waals surface area contributed by atoms with Gasteiger partial charge in [0.1, 0.15) is 11.5 Å². The Balaban J connectivity index is 2.08. The predicted octanol–water partition coefficient (Wildman–Crippen LogP) is 2.47. The first kappa shape index (κ1) is 11.6. The maximum atomic E-state index is 8.94. The predicted molar refractivity (Wildman–Crippen MR) is 67.0 cm³/mol. The Morgan fingerprint density at radius 2 is 1.53 bits per heavy atom. The van der Waals surface area contributed by atoms with Gasteiger partial charge >= 0.3 is 0 Å². The summed E-state index contributed by atoms with van der Waals surface area (Å²) in [4.78, 5) is 0. The highest BCUT2D eigenvalue weighted by molar-refractivity contribution is 5.33. The summed E-state index contributed by atoms with van der Waals surface area (Å²) in [5, 5.41) is 8.94. The third kappa shape index (κ3) is 3.06. The summed E-state index contributed by atoms with van der Waals surface area (Å²) in [5.74, 6) is 1.55. The molecule has 0 aliphatic heterocycles. The molecular formula is C14H15NO2. The molecule has 0 unspecified atom stereocenters. The summed E-state index contributed by atoms with van der Waals surface area (Å²) in [6.45, 7) is -0.0567. The highest BCUT2D eigenvalue weighted by atomic mass is 16.5. The molecule has 0 radical (unpaired) electrons. The van der Waals surface area contributed by atoms with Crippen molar-refractivity contribution < 1.29 is 9.84 Å². The zero-order valence-corrected chi connectivity index (χ0v) is 9.41. The van der Waals surface area contributed by atoms with Crippen LogP contribution in [0.15, 0.2) is 54.6 Å². The van der Waals surface area contributed by atoms with Crippen LogP contribution in [0.3, 0.4) is 0 Å². The van der Waals surface area contributed by atoms with Crippen LogP contribution in [-0.2, 0) is 0 Å². The van der Waals surface area contributed by atoms with Gasteiger partial charge in [0.2, 0.25) is 0 Å². The molecule has 0 saturated heterocycles. The number of ether oxygens (including phenoxy) is 1. The van der Waals surface area contributed by atoms with Crippen molar-refractivity contribution in [3.05, 3.63) is 60.2 Å². The quantitative estimate of drug-likeness (QED) is 0.846. The maximum Gasteiger partial charge on any atom is 0.127 e. The lowest BCUT2D eigenvalue weighted by Crippen LogP contribution is -2.14. The van der Waals surface area contributed by atoms with E-state index in [-0.39, 0.29) is 12.6 Å². The molecule has 0 heterocycles. The molecular weight excluding hydrogens is 214 g/mol. The summed E-state index contributed by atoms with van der Waals surface area (Å²) in [7, 11) is 0. The van der Waals surface area contributed by atoms with Gasteiger partial charge in [0.05, 0.1) is 12.6 Å². The third-order valence-electron chi connectivity index (χ3n) is 2.48. The van der Waals surface area contributed by atoms with Gasteiger partial charge < -0.3 is 15.6 Å². The van der Waals surface area contributed by atoms with Gasteiger partial charge in [-0.25, -0.2) is 0 Å². The minimum Gasteiger partial charge on any atom is -0.457 e. The molecule has 17 heavy (non-hydrogen) atoms. The standard InChI is InChI=1S/C14H15NO2/c15-14(10-16)11-6-8-13(9-7-11)17-12-4-2-1-3-5-12/h1-9,14,16H,10,15H2/t14-/m0/s1. The molecule has 0 spiro atoms. The van der Waals surface area contributed by atoms with Crippen molar-refractivity contribution in [2.24, 2.45) is 5.73 Å². The van der Waals surface area contributed by atoms with Crippen LogP contribution in [-0.4, -0.2) is 11.7 Å². The molecule has 0 aromatic heterocycles. The Hall–Kier alpha value is -1.84. The molecule has 0 amide bonds. The minimum atomic E-state index is -0.333. The third-order valence-corrected chi connectivity index (χ3v) is 2.48. The normalized spacial score (nSPS) is 12.1. The summed E-state index contributed by atoms with van der Waals surface area (Å²) in [6.07, 6.45) is 0. The summed E-state index contributed by atoms with van der Waals surface area (Å²) in [6, 6.07) is 16.7. The van der Waals surface area contributed by atoms with E-state index >= 15 is 0 Å². The highest BCUT2D eigenvalue weighted by Gasteiger charge is 2.04. The Labute approximate surface area is 100 Å². The van der Waals surface area contributed by atoms with Crippen LogP contribution in [0, 0.1) is 0 Å². The van der Waals surface area contributed by atoms with Gasteiger partial charge in [0.15, 0.2) is 0 Å².